The van der Waals surface area contributed by atoms with Crippen LogP contribution in [0.1, 0.15) is 55.6 Å². The number of benzene rings is 2. The molecule has 35 heavy (non-hydrogen) atoms. The highest BCUT2D eigenvalue weighted by Crippen LogP contribution is 2.44. The van der Waals surface area contributed by atoms with Gasteiger partial charge in [0.1, 0.15) is 6.61 Å². The van der Waals surface area contributed by atoms with Gasteiger partial charge in [-0.15, -0.1) is 0 Å². The SMILES string of the molecule is O=C(O)CC1CCCN(C(=O)[C@@H]2CCC[C@@H]2NC(=O)OCC2c3ccccc3-c3ccccc32)C1. The molecule has 7 nitrogen and oxygen atoms in total. The monoisotopic (exact) mass is 476 g/mol. The Hall–Kier alpha value is -3.35. The summed E-state index contributed by atoms with van der Waals surface area (Å²) >= 11 is 0. The summed E-state index contributed by atoms with van der Waals surface area (Å²) in [5.41, 5.74) is 4.69. The summed E-state index contributed by atoms with van der Waals surface area (Å²) in [4.78, 5) is 38.9. The van der Waals surface area contributed by atoms with Crippen LogP contribution in [0.4, 0.5) is 4.79 Å². The van der Waals surface area contributed by atoms with Gasteiger partial charge in [0.2, 0.25) is 5.91 Å². The summed E-state index contributed by atoms with van der Waals surface area (Å²) in [6.07, 6.45) is 3.61. The van der Waals surface area contributed by atoms with E-state index in [1.807, 2.05) is 24.3 Å². The highest BCUT2D eigenvalue weighted by Gasteiger charge is 2.38. The van der Waals surface area contributed by atoms with Gasteiger partial charge in [-0.3, -0.25) is 9.59 Å². The molecule has 0 aromatic heterocycles. The predicted octanol–water partition coefficient (Wildman–Crippen LogP) is 4.41. The molecule has 0 spiro atoms. The molecule has 0 radical (unpaired) electrons. The fourth-order valence-electron chi connectivity index (χ4n) is 6.13. The standard InChI is InChI=1S/C28H32N2O5/c31-26(32)15-18-7-6-14-30(16-18)27(33)23-12-5-13-25(23)29-28(34)35-17-24-21-10-3-1-8-19(21)20-9-2-4-11-22(20)24/h1-4,8-11,18,23-25H,5-7,12-17H2,(H,29,34)(H,31,32)/t18?,23-,25+/m1/s1. The lowest BCUT2D eigenvalue weighted by Gasteiger charge is -2.35. The molecule has 2 fully saturated rings. The fourth-order valence-corrected chi connectivity index (χ4v) is 6.13. The van der Waals surface area contributed by atoms with Crippen molar-refractivity contribution in [2.24, 2.45) is 11.8 Å². The van der Waals surface area contributed by atoms with Gasteiger partial charge in [0.15, 0.2) is 0 Å². The Morgan fingerprint density at radius 2 is 1.63 bits per heavy atom. The smallest absolute Gasteiger partial charge is 0.407 e. The molecular formula is C28H32N2O5. The average Bonchev–Trinajstić information content (AvgIpc) is 3.44. The molecule has 1 heterocycles. The van der Waals surface area contributed by atoms with E-state index in [1.165, 1.54) is 11.1 Å². The third-order valence-corrected chi connectivity index (χ3v) is 7.77. The molecule has 3 aliphatic rings. The zero-order valence-electron chi connectivity index (χ0n) is 19.8. The topological polar surface area (TPSA) is 95.9 Å². The van der Waals surface area contributed by atoms with Crippen LogP contribution in [-0.2, 0) is 14.3 Å². The number of rotatable bonds is 6. The first-order valence-corrected chi connectivity index (χ1v) is 12.6. The number of aliphatic carboxylic acids is 1. The number of alkyl carbamates (subject to hydrolysis) is 1. The van der Waals surface area contributed by atoms with Crippen LogP contribution in [0.5, 0.6) is 0 Å². The van der Waals surface area contributed by atoms with E-state index in [0.29, 0.717) is 13.1 Å². The summed E-state index contributed by atoms with van der Waals surface area (Å²) < 4.78 is 5.70. The zero-order chi connectivity index (χ0) is 24.4. The molecule has 1 unspecified atom stereocenters. The largest absolute Gasteiger partial charge is 0.481 e. The third kappa shape index (κ3) is 4.90. The van der Waals surface area contributed by atoms with E-state index in [4.69, 9.17) is 9.84 Å². The number of nitrogens with zero attached hydrogens (tertiary/aromatic N) is 1. The maximum Gasteiger partial charge on any atom is 0.407 e. The van der Waals surface area contributed by atoms with Crippen molar-refractivity contribution >= 4 is 18.0 Å². The third-order valence-electron chi connectivity index (χ3n) is 7.77. The molecule has 1 aliphatic heterocycles. The Morgan fingerprint density at radius 3 is 2.31 bits per heavy atom. The lowest BCUT2D eigenvalue weighted by Crippen LogP contribution is -2.48. The van der Waals surface area contributed by atoms with Gasteiger partial charge in [0.25, 0.3) is 0 Å². The first-order chi connectivity index (χ1) is 17.0. The summed E-state index contributed by atoms with van der Waals surface area (Å²) in [6, 6.07) is 16.2. The lowest BCUT2D eigenvalue weighted by atomic mass is 9.93. The number of carbonyl (C=O) groups is 3. The number of hydrogen-bond donors (Lipinski definition) is 2. The lowest BCUT2D eigenvalue weighted by molar-refractivity contribution is -0.142. The Labute approximate surface area is 205 Å². The molecule has 2 aromatic carbocycles. The number of carboxylic acids is 1. The van der Waals surface area contributed by atoms with Gasteiger partial charge in [0.05, 0.1) is 5.92 Å². The van der Waals surface area contributed by atoms with Crippen molar-refractivity contribution in [3.63, 3.8) is 0 Å². The number of likely N-dealkylation sites (tertiary alicyclic amines) is 1. The summed E-state index contributed by atoms with van der Waals surface area (Å²) in [6.45, 7) is 1.39. The molecule has 2 amide bonds. The van der Waals surface area contributed by atoms with Crippen molar-refractivity contribution < 1.29 is 24.2 Å². The van der Waals surface area contributed by atoms with Crippen molar-refractivity contribution in [3.8, 4) is 11.1 Å². The van der Waals surface area contributed by atoms with Crippen LogP contribution in [0.15, 0.2) is 48.5 Å². The van der Waals surface area contributed by atoms with Crippen LogP contribution < -0.4 is 5.32 Å². The van der Waals surface area contributed by atoms with Crippen molar-refractivity contribution in [3.05, 3.63) is 59.7 Å². The normalized spacial score (nSPS) is 23.4. The molecule has 7 heteroatoms. The van der Waals surface area contributed by atoms with Gasteiger partial charge in [0, 0.05) is 31.5 Å². The first-order valence-electron chi connectivity index (χ1n) is 12.6. The van der Waals surface area contributed by atoms with Gasteiger partial charge in [-0.05, 0) is 53.9 Å². The number of hydrogen-bond acceptors (Lipinski definition) is 4. The fraction of sp³-hybridized carbons (Fsp3) is 0.464. The second-order valence-electron chi connectivity index (χ2n) is 10.0. The molecule has 2 aliphatic carbocycles. The summed E-state index contributed by atoms with van der Waals surface area (Å²) in [5.74, 6) is -1.07. The Bertz CT molecular complexity index is 1070. The zero-order valence-corrected chi connectivity index (χ0v) is 19.8. The second kappa shape index (κ2) is 10.1. The van der Waals surface area contributed by atoms with E-state index in [9.17, 15) is 14.4 Å². The van der Waals surface area contributed by atoms with Gasteiger partial charge in [-0.25, -0.2) is 4.79 Å². The van der Waals surface area contributed by atoms with Crippen LogP contribution >= 0.6 is 0 Å². The summed E-state index contributed by atoms with van der Waals surface area (Å²) in [5, 5.41) is 12.1. The van der Waals surface area contributed by atoms with E-state index < -0.39 is 12.1 Å². The van der Waals surface area contributed by atoms with Crippen LogP contribution in [0.25, 0.3) is 11.1 Å². The number of piperidine rings is 1. The van der Waals surface area contributed by atoms with Crippen molar-refractivity contribution in [1.29, 1.82) is 0 Å². The number of carboxylic acid groups (broad SMARTS) is 1. The van der Waals surface area contributed by atoms with Crippen molar-refractivity contribution in [2.75, 3.05) is 19.7 Å². The minimum absolute atomic E-state index is 0.000134. The van der Waals surface area contributed by atoms with Crippen LogP contribution in [0, 0.1) is 11.8 Å². The molecule has 2 aromatic rings. The molecule has 5 rings (SSSR count). The number of fused-ring (bicyclic) bond motifs is 3. The quantitative estimate of drug-likeness (QED) is 0.644. The molecule has 0 bridgehead atoms. The predicted molar refractivity (Wildman–Crippen MR) is 131 cm³/mol. The molecule has 184 valence electrons. The van der Waals surface area contributed by atoms with Crippen LogP contribution in [0.3, 0.4) is 0 Å². The van der Waals surface area contributed by atoms with Crippen molar-refractivity contribution in [2.45, 2.75) is 50.5 Å². The van der Waals surface area contributed by atoms with Crippen molar-refractivity contribution in [1.82, 2.24) is 10.2 Å². The Kier molecular flexibility index (Phi) is 6.75. The second-order valence-corrected chi connectivity index (χ2v) is 10.0. The Morgan fingerprint density at radius 1 is 0.943 bits per heavy atom. The number of carbonyl (C=O) groups excluding carboxylic acids is 2. The molecular weight excluding hydrogens is 444 g/mol. The number of nitrogens with one attached hydrogen (secondary N) is 1. The number of amides is 2. The van der Waals surface area contributed by atoms with E-state index in [-0.39, 0.29) is 42.7 Å². The van der Waals surface area contributed by atoms with E-state index in [2.05, 4.69) is 29.6 Å². The average molecular weight is 477 g/mol. The molecule has 2 N–H and O–H groups in total. The van der Waals surface area contributed by atoms with Crippen LogP contribution in [0.2, 0.25) is 0 Å². The van der Waals surface area contributed by atoms with Gasteiger partial charge in [-0.2, -0.15) is 0 Å². The van der Waals surface area contributed by atoms with E-state index in [1.54, 1.807) is 4.90 Å². The molecule has 3 atom stereocenters. The first kappa shape index (κ1) is 23.4. The molecule has 1 saturated carbocycles. The van der Waals surface area contributed by atoms with Gasteiger partial charge < -0.3 is 20.1 Å². The van der Waals surface area contributed by atoms with E-state index >= 15 is 0 Å². The Balaban J connectivity index is 1.19. The number of ether oxygens (including phenoxy) is 1. The maximum atomic E-state index is 13.3. The minimum Gasteiger partial charge on any atom is -0.481 e. The summed E-state index contributed by atoms with van der Waals surface area (Å²) in [7, 11) is 0. The van der Waals surface area contributed by atoms with Gasteiger partial charge >= 0.3 is 12.1 Å². The maximum absolute atomic E-state index is 13.3. The highest BCUT2D eigenvalue weighted by atomic mass is 16.5. The molecule has 1 saturated heterocycles. The minimum atomic E-state index is -0.819. The highest BCUT2D eigenvalue weighted by molar-refractivity contribution is 5.81. The van der Waals surface area contributed by atoms with E-state index in [0.717, 1.165) is 43.2 Å². The van der Waals surface area contributed by atoms with Crippen LogP contribution in [-0.4, -0.2) is 53.7 Å². The van der Waals surface area contributed by atoms with Gasteiger partial charge in [-0.1, -0.05) is 55.0 Å².